The van der Waals surface area contributed by atoms with Gasteiger partial charge in [0.2, 0.25) is 15.9 Å². The molecule has 7 nitrogen and oxygen atoms in total. The minimum atomic E-state index is -3.95. The molecule has 0 aliphatic carbocycles. The van der Waals surface area contributed by atoms with Crippen molar-refractivity contribution in [3.63, 3.8) is 0 Å². The number of aliphatic hydroxyl groups is 1. The molecular weight excluding hydrogens is 294 g/mol. The number of nitrogens with one attached hydrogen (secondary N) is 1. The number of aromatic nitrogens is 1. The number of amides is 1. The Morgan fingerprint density at radius 3 is 2.71 bits per heavy atom. The maximum absolute atomic E-state index is 12.2. The number of carbonyl (C=O) groups is 1. The number of hydrogen-bond acceptors (Lipinski definition) is 5. The summed E-state index contributed by atoms with van der Waals surface area (Å²) in [5.74, 6) is 4.56. The molecular formula is C13H17N3O4S. The standard InChI is InChI=1S/C13H17N3O4S/c1-13(2,12(14)18)16-21(19,20)11-7-10(8-15-9-11)5-3-4-6-17/h7-9,16-17H,4,6H2,1-2H3,(H2,14,18). The van der Waals surface area contributed by atoms with Gasteiger partial charge in [-0.25, -0.2) is 8.42 Å². The van der Waals surface area contributed by atoms with Crippen LogP contribution in [-0.4, -0.2) is 36.6 Å². The second-order valence-corrected chi connectivity index (χ2v) is 6.46. The largest absolute Gasteiger partial charge is 0.395 e. The van der Waals surface area contributed by atoms with Crippen molar-refractivity contribution < 1.29 is 18.3 Å². The van der Waals surface area contributed by atoms with Gasteiger partial charge >= 0.3 is 0 Å². The molecule has 1 rings (SSSR count). The zero-order chi connectivity index (χ0) is 16.1. The lowest BCUT2D eigenvalue weighted by Gasteiger charge is -2.21. The fourth-order valence-corrected chi connectivity index (χ4v) is 2.67. The first-order valence-corrected chi connectivity index (χ1v) is 7.56. The Labute approximate surface area is 123 Å². The number of rotatable bonds is 5. The number of aliphatic hydroxyl groups excluding tert-OH is 1. The third-order valence-corrected chi connectivity index (χ3v) is 4.12. The van der Waals surface area contributed by atoms with Crippen molar-refractivity contribution in [3.8, 4) is 11.8 Å². The molecule has 0 saturated carbocycles. The van der Waals surface area contributed by atoms with Crippen LogP contribution in [0.25, 0.3) is 0 Å². The average molecular weight is 311 g/mol. The van der Waals surface area contributed by atoms with E-state index >= 15 is 0 Å². The number of nitrogens with two attached hydrogens (primary N) is 1. The van der Waals surface area contributed by atoms with Gasteiger partial charge in [-0.1, -0.05) is 11.8 Å². The van der Waals surface area contributed by atoms with E-state index in [-0.39, 0.29) is 17.9 Å². The van der Waals surface area contributed by atoms with Gasteiger partial charge in [0.1, 0.15) is 10.4 Å². The van der Waals surface area contributed by atoms with Gasteiger partial charge in [-0.05, 0) is 19.9 Å². The van der Waals surface area contributed by atoms with Crippen LogP contribution < -0.4 is 10.5 Å². The highest BCUT2D eigenvalue weighted by atomic mass is 32.2. The van der Waals surface area contributed by atoms with Gasteiger partial charge in [0.05, 0.1) is 6.61 Å². The number of carbonyl (C=O) groups excluding carboxylic acids is 1. The van der Waals surface area contributed by atoms with E-state index in [0.29, 0.717) is 5.56 Å². The second-order valence-electron chi connectivity index (χ2n) is 4.78. The van der Waals surface area contributed by atoms with Gasteiger partial charge in [-0.15, -0.1) is 0 Å². The maximum atomic E-state index is 12.2. The van der Waals surface area contributed by atoms with Crippen molar-refractivity contribution >= 4 is 15.9 Å². The van der Waals surface area contributed by atoms with Crippen molar-refractivity contribution in [2.45, 2.75) is 30.7 Å². The Bertz CT molecular complexity index is 687. The lowest BCUT2D eigenvalue weighted by molar-refractivity contribution is -0.122. The first-order valence-electron chi connectivity index (χ1n) is 6.08. The molecule has 0 radical (unpaired) electrons. The SMILES string of the molecule is CC(C)(NS(=O)(=O)c1cncc(C#CCCO)c1)C(N)=O. The lowest BCUT2D eigenvalue weighted by Crippen LogP contribution is -2.52. The van der Waals surface area contributed by atoms with Crippen LogP contribution in [0.3, 0.4) is 0 Å². The van der Waals surface area contributed by atoms with E-state index in [1.54, 1.807) is 0 Å². The number of pyridine rings is 1. The van der Waals surface area contributed by atoms with Crippen LogP contribution in [0.15, 0.2) is 23.4 Å². The molecule has 0 fully saturated rings. The van der Waals surface area contributed by atoms with Crippen LogP contribution in [-0.2, 0) is 14.8 Å². The number of nitrogens with zero attached hydrogens (tertiary/aromatic N) is 1. The molecule has 1 amide bonds. The highest BCUT2D eigenvalue weighted by Crippen LogP contribution is 2.13. The van der Waals surface area contributed by atoms with Gasteiger partial charge in [0.15, 0.2) is 0 Å². The molecule has 1 heterocycles. The number of sulfonamides is 1. The van der Waals surface area contributed by atoms with Crippen molar-refractivity contribution in [3.05, 3.63) is 24.0 Å². The zero-order valence-corrected chi connectivity index (χ0v) is 12.6. The van der Waals surface area contributed by atoms with Crippen LogP contribution in [0.2, 0.25) is 0 Å². The predicted molar refractivity (Wildman–Crippen MR) is 76.4 cm³/mol. The van der Waals surface area contributed by atoms with Crippen LogP contribution >= 0.6 is 0 Å². The quantitative estimate of drug-likeness (QED) is 0.624. The molecule has 8 heteroatoms. The monoisotopic (exact) mass is 311 g/mol. The molecule has 0 unspecified atom stereocenters. The lowest BCUT2D eigenvalue weighted by atomic mass is 10.1. The number of hydrogen-bond donors (Lipinski definition) is 3. The van der Waals surface area contributed by atoms with Crippen molar-refractivity contribution in [1.82, 2.24) is 9.71 Å². The molecule has 4 N–H and O–H groups in total. The first kappa shape index (κ1) is 17.1. The molecule has 0 aliphatic rings. The summed E-state index contributed by atoms with van der Waals surface area (Å²) in [6, 6.07) is 1.33. The van der Waals surface area contributed by atoms with E-state index in [2.05, 4.69) is 21.5 Å². The van der Waals surface area contributed by atoms with E-state index in [1.807, 2.05) is 0 Å². The zero-order valence-electron chi connectivity index (χ0n) is 11.8. The third kappa shape index (κ3) is 4.82. The van der Waals surface area contributed by atoms with E-state index in [9.17, 15) is 13.2 Å². The van der Waals surface area contributed by atoms with E-state index < -0.39 is 21.5 Å². The molecule has 1 aromatic heterocycles. The Hall–Kier alpha value is -1.95. The molecule has 1 aromatic rings. The molecule has 0 saturated heterocycles. The molecule has 0 aromatic carbocycles. The summed E-state index contributed by atoms with van der Waals surface area (Å²) in [4.78, 5) is 14.9. The highest BCUT2D eigenvalue weighted by Gasteiger charge is 2.31. The summed E-state index contributed by atoms with van der Waals surface area (Å²) < 4.78 is 26.6. The molecule has 0 atom stereocenters. The maximum Gasteiger partial charge on any atom is 0.243 e. The highest BCUT2D eigenvalue weighted by molar-refractivity contribution is 7.89. The average Bonchev–Trinajstić information content (AvgIpc) is 2.38. The van der Waals surface area contributed by atoms with E-state index in [4.69, 9.17) is 10.8 Å². The van der Waals surface area contributed by atoms with Gasteiger partial charge in [0.25, 0.3) is 0 Å². The molecule has 21 heavy (non-hydrogen) atoms. The van der Waals surface area contributed by atoms with E-state index in [0.717, 1.165) is 6.20 Å². The van der Waals surface area contributed by atoms with Crippen LogP contribution in [0, 0.1) is 11.8 Å². The number of primary amides is 1. The molecule has 0 bridgehead atoms. The van der Waals surface area contributed by atoms with Crippen LogP contribution in [0.5, 0.6) is 0 Å². The summed E-state index contributed by atoms with van der Waals surface area (Å²) in [5, 5.41) is 8.64. The smallest absolute Gasteiger partial charge is 0.243 e. The summed E-state index contributed by atoms with van der Waals surface area (Å²) >= 11 is 0. The Balaban J connectivity index is 3.08. The van der Waals surface area contributed by atoms with Gasteiger partial charge in [0, 0.05) is 24.4 Å². The second kappa shape index (κ2) is 6.67. The minimum absolute atomic E-state index is 0.0766. The predicted octanol–water partition coefficient (Wildman–Crippen LogP) is -0.642. The summed E-state index contributed by atoms with van der Waals surface area (Å²) in [7, 11) is -3.95. The molecule has 114 valence electrons. The van der Waals surface area contributed by atoms with Crippen LogP contribution in [0.4, 0.5) is 0 Å². The topological polar surface area (TPSA) is 122 Å². The van der Waals surface area contributed by atoms with Crippen molar-refractivity contribution in [2.24, 2.45) is 5.73 Å². The summed E-state index contributed by atoms with van der Waals surface area (Å²) in [6.45, 7) is 2.66. The Morgan fingerprint density at radius 2 is 2.14 bits per heavy atom. The van der Waals surface area contributed by atoms with Crippen LogP contribution in [0.1, 0.15) is 25.8 Å². The van der Waals surface area contributed by atoms with Gasteiger partial charge in [-0.2, -0.15) is 4.72 Å². The Morgan fingerprint density at radius 1 is 1.48 bits per heavy atom. The normalized spacial score (nSPS) is 11.6. The van der Waals surface area contributed by atoms with Crippen molar-refractivity contribution in [2.75, 3.05) is 6.61 Å². The van der Waals surface area contributed by atoms with E-state index in [1.165, 1.54) is 26.1 Å². The molecule has 0 aliphatic heterocycles. The Kier molecular flexibility index (Phi) is 5.43. The van der Waals surface area contributed by atoms with Gasteiger partial charge < -0.3 is 10.8 Å². The first-order chi connectivity index (χ1) is 9.69. The summed E-state index contributed by atoms with van der Waals surface area (Å²) in [6.07, 6.45) is 2.84. The fourth-order valence-electron chi connectivity index (χ4n) is 1.30. The third-order valence-electron chi connectivity index (χ3n) is 2.50. The molecule has 0 spiro atoms. The van der Waals surface area contributed by atoms with Gasteiger partial charge in [-0.3, -0.25) is 9.78 Å². The summed E-state index contributed by atoms with van der Waals surface area (Å²) in [5.41, 5.74) is 4.11. The fraction of sp³-hybridized carbons (Fsp3) is 0.385. The van der Waals surface area contributed by atoms with Crippen molar-refractivity contribution in [1.29, 1.82) is 0 Å². The minimum Gasteiger partial charge on any atom is -0.395 e.